The lowest BCUT2D eigenvalue weighted by molar-refractivity contribution is 0.842. The maximum Gasteiger partial charge on any atom is 0.0455 e. The SMILES string of the molecule is CSCCCCNc1cccc(Cl)c1C. The van der Waals surface area contributed by atoms with Crippen LogP contribution in [0.3, 0.4) is 0 Å². The van der Waals surface area contributed by atoms with Crippen molar-refractivity contribution in [2.45, 2.75) is 19.8 Å². The first-order chi connectivity index (χ1) is 7.25. The summed E-state index contributed by atoms with van der Waals surface area (Å²) in [5.74, 6) is 1.25. The number of nitrogens with one attached hydrogen (secondary N) is 1. The summed E-state index contributed by atoms with van der Waals surface area (Å²) < 4.78 is 0. The molecule has 0 saturated heterocycles. The Hall–Kier alpha value is -0.340. The Morgan fingerprint density at radius 3 is 2.87 bits per heavy atom. The van der Waals surface area contributed by atoms with Gasteiger partial charge in [0.25, 0.3) is 0 Å². The van der Waals surface area contributed by atoms with Gasteiger partial charge in [0.15, 0.2) is 0 Å². The van der Waals surface area contributed by atoms with Crippen molar-refractivity contribution in [3.63, 3.8) is 0 Å². The first-order valence-electron chi connectivity index (χ1n) is 5.23. The molecule has 0 aliphatic heterocycles. The maximum atomic E-state index is 6.03. The molecule has 15 heavy (non-hydrogen) atoms. The predicted molar refractivity (Wildman–Crippen MR) is 72.3 cm³/mol. The minimum atomic E-state index is 0.837. The van der Waals surface area contributed by atoms with Crippen LogP contribution in [0.2, 0.25) is 5.02 Å². The lowest BCUT2D eigenvalue weighted by Crippen LogP contribution is -2.03. The van der Waals surface area contributed by atoms with E-state index in [4.69, 9.17) is 11.6 Å². The highest BCUT2D eigenvalue weighted by molar-refractivity contribution is 7.98. The molecule has 0 aromatic heterocycles. The highest BCUT2D eigenvalue weighted by atomic mass is 35.5. The molecule has 0 spiro atoms. The molecule has 1 rings (SSSR count). The average Bonchev–Trinajstić information content (AvgIpc) is 2.24. The van der Waals surface area contributed by atoms with E-state index in [1.807, 2.05) is 30.8 Å². The largest absolute Gasteiger partial charge is 0.385 e. The van der Waals surface area contributed by atoms with Crippen molar-refractivity contribution in [3.05, 3.63) is 28.8 Å². The Morgan fingerprint density at radius 2 is 2.13 bits per heavy atom. The predicted octanol–water partition coefficient (Wildman–Crippen LogP) is 4.20. The lowest BCUT2D eigenvalue weighted by Gasteiger charge is -2.10. The number of anilines is 1. The number of hydrogen-bond donors (Lipinski definition) is 1. The van der Waals surface area contributed by atoms with Gasteiger partial charge in [-0.15, -0.1) is 0 Å². The smallest absolute Gasteiger partial charge is 0.0455 e. The second kappa shape index (κ2) is 7.02. The van der Waals surface area contributed by atoms with Crippen LogP contribution in [0, 0.1) is 6.92 Å². The quantitative estimate of drug-likeness (QED) is 0.752. The number of hydrogen-bond acceptors (Lipinski definition) is 2. The summed E-state index contributed by atoms with van der Waals surface area (Å²) in [6.07, 6.45) is 4.63. The van der Waals surface area contributed by atoms with Gasteiger partial charge in [0.2, 0.25) is 0 Å². The van der Waals surface area contributed by atoms with E-state index < -0.39 is 0 Å². The summed E-state index contributed by atoms with van der Waals surface area (Å²) in [6.45, 7) is 3.08. The van der Waals surface area contributed by atoms with Crippen LogP contribution in [-0.2, 0) is 0 Å². The number of thioether (sulfide) groups is 1. The molecule has 0 aliphatic rings. The summed E-state index contributed by atoms with van der Waals surface area (Å²) in [4.78, 5) is 0. The first kappa shape index (κ1) is 12.7. The van der Waals surface area contributed by atoms with E-state index in [-0.39, 0.29) is 0 Å². The van der Waals surface area contributed by atoms with Crippen molar-refractivity contribution in [1.29, 1.82) is 0 Å². The van der Waals surface area contributed by atoms with Crippen LogP contribution in [-0.4, -0.2) is 18.6 Å². The fourth-order valence-electron chi connectivity index (χ4n) is 1.39. The second-order valence-electron chi connectivity index (χ2n) is 3.54. The summed E-state index contributed by atoms with van der Waals surface area (Å²) in [5, 5.41) is 4.26. The number of rotatable bonds is 6. The van der Waals surface area contributed by atoms with Gasteiger partial charge in [-0.25, -0.2) is 0 Å². The molecule has 0 radical (unpaired) electrons. The summed E-state index contributed by atoms with van der Waals surface area (Å²) in [6, 6.07) is 5.99. The molecule has 3 heteroatoms. The van der Waals surface area contributed by atoms with Crippen LogP contribution < -0.4 is 5.32 Å². The molecule has 84 valence electrons. The Kier molecular flexibility index (Phi) is 5.96. The molecular weight excluding hydrogens is 226 g/mol. The maximum absolute atomic E-state index is 6.03. The Labute approximate surface area is 102 Å². The zero-order valence-corrected chi connectivity index (χ0v) is 10.9. The van der Waals surface area contributed by atoms with E-state index in [2.05, 4.69) is 17.6 Å². The second-order valence-corrected chi connectivity index (χ2v) is 4.93. The lowest BCUT2D eigenvalue weighted by atomic mass is 10.2. The molecule has 0 amide bonds. The van der Waals surface area contributed by atoms with Crippen LogP contribution in [0.15, 0.2) is 18.2 Å². The third kappa shape index (κ3) is 4.35. The van der Waals surface area contributed by atoms with Crippen LogP contribution in [0.5, 0.6) is 0 Å². The number of benzene rings is 1. The van der Waals surface area contributed by atoms with Crippen LogP contribution in [0.1, 0.15) is 18.4 Å². The van der Waals surface area contributed by atoms with Crippen molar-refractivity contribution in [3.8, 4) is 0 Å². The third-order valence-electron chi connectivity index (χ3n) is 2.36. The van der Waals surface area contributed by atoms with Crippen molar-refractivity contribution in [1.82, 2.24) is 0 Å². The topological polar surface area (TPSA) is 12.0 Å². The molecular formula is C12H18ClNS. The zero-order chi connectivity index (χ0) is 11.1. The fourth-order valence-corrected chi connectivity index (χ4v) is 2.06. The van der Waals surface area contributed by atoms with Gasteiger partial charge in [0.1, 0.15) is 0 Å². The molecule has 1 aromatic rings. The zero-order valence-electron chi connectivity index (χ0n) is 9.35. The molecule has 1 aromatic carbocycles. The monoisotopic (exact) mass is 243 g/mol. The first-order valence-corrected chi connectivity index (χ1v) is 7.01. The van der Waals surface area contributed by atoms with E-state index in [1.54, 1.807) is 0 Å². The molecule has 1 N–H and O–H groups in total. The highest BCUT2D eigenvalue weighted by Crippen LogP contribution is 2.22. The number of halogens is 1. The van der Waals surface area contributed by atoms with Gasteiger partial charge >= 0.3 is 0 Å². The molecule has 0 bridgehead atoms. The van der Waals surface area contributed by atoms with Crippen molar-refractivity contribution >= 4 is 29.1 Å². The molecule has 1 nitrogen and oxygen atoms in total. The van der Waals surface area contributed by atoms with Crippen LogP contribution in [0.25, 0.3) is 0 Å². The standard InChI is InChI=1S/C12H18ClNS/c1-10-11(13)6-5-7-12(10)14-8-3-4-9-15-2/h5-7,14H,3-4,8-9H2,1-2H3. The van der Waals surface area contributed by atoms with Gasteiger partial charge in [-0.1, -0.05) is 17.7 Å². The van der Waals surface area contributed by atoms with E-state index >= 15 is 0 Å². The normalized spacial score (nSPS) is 10.3. The van der Waals surface area contributed by atoms with Crippen molar-refractivity contribution < 1.29 is 0 Å². The molecule has 0 saturated carbocycles. The molecule has 0 fully saturated rings. The Morgan fingerprint density at radius 1 is 1.33 bits per heavy atom. The fraction of sp³-hybridized carbons (Fsp3) is 0.500. The average molecular weight is 244 g/mol. The van der Waals surface area contributed by atoms with Gasteiger partial charge in [-0.3, -0.25) is 0 Å². The molecule has 0 aliphatic carbocycles. The Balaban J connectivity index is 2.34. The summed E-state index contributed by atoms with van der Waals surface area (Å²) in [7, 11) is 0. The van der Waals surface area contributed by atoms with E-state index in [0.717, 1.165) is 22.8 Å². The van der Waals surface area contributed by atoms with Crippen LogP contribution in [0.4, 0.5) is 5.69 Å². The molecule has 0 atom stereocenters. The van der Waals surface area contributed by atoms with E-state index in [0.29, 0.717) is 0 Å². The minimum absolute atomic E-state index is 0.837. The molecule has 0 unspecified atom stereocenters. The Bertz CT molecular complexity index is 302. The highest BCUT2D eigenvalue weighted by Gasteiger charge is 2.00. The molecule has 0 heterocycles. The van der Waals surface area contributed by atoms with Gasteiger partial charge in [0.05, 0.1) is 0 Å². The number of unbranched alkanes of at least 4 members (excludes halogenated alkanes) is 1. The minimum Gasteiger partial charge on any atom is -0.385 e. The van der Waals surface area contributed by atoms with Gasteiger partial charge in [0, 0.05) is 17.3 Å². The van der Waals surface area contributed by atoms with Gasteiger partial charge in [-0.2, -0.15) is 11.8 Å². The van der Waals surface area contributed by atoms with E-state index in [9.17, 15) is 0 Å². The summed E-state index contributed by atoms with van der Waals surface area (Å²) in [5.41, 5.74) is 2.30. The van der Waals surface area contributed by atoms with E-state index in [1.165, 1.54) is 18.6 Å². The van der Waals surface area contributed by atoms with Crippen LogP contribution >= 0.6 is 23.4 Å². The van der Waals surface area contributed by atoms with Crippen molar-refractivity contribution in [2.24, 2.45) is 0 Å². The third-order valence-corrected chi connectivity index (χ3v) is 3.46. The van der Waals surface area contributed by atoms with Gasteiger partial charge in [-0.05, 0) is 49.5 Å². The summed E-state index contributed by atoms with van der Waals surface area (Å²) >= 11 is 7.94. The van der Waals surface area contributed by atoms with Crippen molar-refractivity contribution in [2.75, 3.05) is 23.9 Å². The van der Waals surface area contributed by atoms with Gasteiger partial charge < -0.3 is 5.32 Å².